The van der Waals surface area contributed by atoms with E-state index in [4.69, 9.17) is 18.9 Å². The Morgan fingerprint density at radius 2 is 1.11 bits per heavy atom. The SMILES string of the molecule is CC1(C)COc2ccc(C#Cc3ccc(C(=O)N4CCOCC4)cc3)cc2OC1.O=C(c1ccc(I)cc1)N1CCOCC1. The van der Waals surface area contributed by atoms with E-state index in [2.05, 4.69) is 48.3 Å². The van der Waals surface area contributed by atoms with Crippen molar-refractivity contribution in [3.63, 3.8) is 0 Å². The van der Waals surface area contributed by atoms with Crippen LogP contribution in [0.2, 0.25) is 0 Å². The van der Waals surface area contributed by atoms with Crippen LogP contribution >= 0.6 is 22.6 Å². The lowest BCUT2D eigenvalue weighted by molar-refractivity contribution is 0.0301. The first-order chi connectivity index (χ1) is 21.3. The Balaban J connectivity index is 0.000000215. The first-order valence-electron chi connectivity index (χ1n) is 14.8. The number of benzene rings is 3. The molecule has 0 spiro atoms. The number of morpholine rings is 2. The van der Waals surface area contributed by atoms with E-state index in [-0.39, 0.29) is 17.2 Å². The van der Waals surface area contributed by atoms with E-state index in [0.717, 1.165) is 31.8 Å². The second kappa shape index (κ2) is 14.9. The highest BCUT2D eigenvalue weighted by Gasteiger charge is 2.25. The molecule has 0 bridgehead atoms. The quantitative estimate of drug-likeness (QED) is 0.272. The van der Waals surface area contributed by atoms with Crippen molar-refractivity contribution in [2.45, 2.75) is 13.8 Å². The number of carbonyl (C=O) groups excluding carboxylic acids is 2. The molecule has 230 valence electrons. The molecule has 3 aromatic rings. The summed E-state index contributed by atoms with van der Waals surface area (Å²) >= 11 is 2.23. The maximum atomic E-state index is 12.5. The van der Waals surface area contributed by atoms with E-state index in [0.29, 0.717) is 71.4 Å². The van der Waals surface area contributed by atoms with Crippen molar-refractivity contribution >= 4 is 34.4 Å². The summed E-state index contributed by atoms with van der Waals surface area (Å²) in [7, 11) is 0. The third kappa shape index (κ3) is 8.74. The van der Waals surface area contributed by atoms with Gasteiger partial charge in [-0.3, -0.25) is 9.59 Å². The van der Waals surface area contributed by atoms with Crippen LogP contribution in [0.3, 0.4) is 0 Å². The van der Waals surface area contributed by atoms with Gasteiger partial charge in [-0.25, -0.2) is 0 Å². The van der Waals surface area contributed by atoms with E-state index in [1.165, 1.54) is 0 Å². The Morgan fingerprint density at radius 1 is 0.659 bits per heavy atom. The fraction of sp³-hybridized carbons (Fsp3) is 0.371. The lowest BCUT2D eigenvalue weighted by Crippen LogP contribution is -2.40. The third-order valence-electron chi connectivity index (χ3n) is 7.35. The Kier molecular flexibility index (Phi) is 10.8. The number of halogens is 1. The zero-order chi connectivity index (χ0) is 30.9. The Bertz CT molecular complexity index is 1500. The molecule has 0 radical (unpaired) electrons. The van der Waals surface area contributed by atoms with Crippen molar-refractivity contribution in [3.8, 4) is 23.3 Å². The van der Waals surface area contributed by atoms with Gasteiger partial charge in [-0.1, -0.05) is 25.7 Å². The summed E-state index contributed by atoms with van der Waals surface area (Å²) in [6.07, 6.45) is 0. The first kappa shape index (κ1) is 31.8. The van der Waals surface area contributed by atoms with Gasteiger partial charge in [0.05, 0.1) is 39.6 Å². The number of fused-ring (bicyclic) bond motifs is 1. The zero-order valence-corrected chi connectivity index (χ0v) is 27.3. The smallest absolute Gasteiger partial charge is 0.254 e. The van der Waals surface area contributed by atoms with E-state index in [9.17, 15) is 9.59 Å². The molecule has 2 saturated heterocycles. The topological polar surface area (TPSA) is 77.5 Å². The van der Waals surface area contributed by atoms with Crippen LogP contribution in [0, 0.1) is 20.8 Å². The molecule has 3 aromatic carbocycles. The van der Waals surface area contributed by atoms with Gasteiger partial charge in [0.2, 0.25) is 0 Å². The minimum absolute atomic E-state index is 0.0226. The van der Waals surface area contributed by atoms with Crippen molar-refractivity contribution in [2.24, 2.45) is 5.41 Å². The van der Waals surface area contributed by atoms with Gasteiger partial charge in [-0.15, -0.1) is 0 Å². The van der Waals surface area contributed by atoms with Crippen molar-refractivity contribution in [1.29, 1.82) is 0 Å². The van der Waals surface area contributed by atoms with Crippen molar-refractivity contribution in [2.75, 3.05) is 65.8 Å². The minimum Gasteiger partial charge on any atom is -0.489 e. The van der Waals surface area contributed by atoms with Gasteiger partial charge < -0.3 is 28.7 Å². The number of hydrogen-bond acceptors (Lipinski definition) is 6. The first-order valence-corrected chi connectivity index (χ1v) is 15.9. The van der Waals surface area contributed by atoms with Crippen LogP contribution in [0.25, 0.3) is 0 Å². The molecule has 0 N–H and O–H groups in total. The number of hydrogen-bond donors (Lipinski definition) is 0. The largest absolute Gasteiger partial charge is 0.489 e. The standard InChI is InChI=1S/C24H25NO4.C11H12INO2/c1-24(2)16-28-21-10-7-19(15-22(21)29-17-24)4-3-18-5-8-20(9-6-18)23(26)25-11-13-27-14-12-25;12-10-3-1-9(2-4-10)11(14)13-5-7-15-8-6-13/h5-10,15H,11-14,16-17H2,1-2H3;1-4H,5-8H2. The summed E-state index contributed by atoms with van der Waals surface area (Å²) in [5.41, 5.74) is 3.14. The average molecular weight is 709 g/mol. The van der Waals surface area contributed by atoms with Crippen LogP contribution < -0.4 is 9.47 Å². The molecule has 0 unspecified atom stereocenters. The molecule has 8 nitrogen and oxygen atoms in total. The number of rotatable bonds is 2. The fourth-order valence-corrected chi connectivity index (χ4v) is 5.10. The molecule has 0 saturated carbocycles. The monoisotopic (exact) mass is 708 g/mol. The van der Waals surface area contributed by atoms with Crippen LogP contribution in [0.15, 0.2) is 66.7 Å². The van der Waals surface area contributed by atoms with Crippen LogP contribution in [0.4, 0.5) is 0 Å². The second-order valence-corrected chi connectivity index (χ2v) is 12.8. The third-order valence-corrected chi connectivity index (χ3v) is 8.07. The summed E-state index contributed by atoms with van der Waals surface area (Å²) in [5.74, 6) is 7.95. The van der Waals surface area contributed by atoms with Crippen LogP contribution in [-0.2, 0) is 9.47 Å². The van der Waals surface area contributed by atoms with Crippen molar-refractivity contribution in [1.82, 2.24) is 9.80 Å². The maximum Gasteiger partial charge on any atom is 0.254 e. The van der Waals surface area contributed by atoms with E-state index < -0.39 is 0 Å². The number of nitrogens with zero attached hydrogens (tertiary/aromatic N) is 2. The Morgan fingerprint density at radius 3 is 1.66 bits per heavy atom. The number of carbonyl (C=O) groups is 2. The van der Waals surface area contributed by atoms with E-state index in [1.54, 1.807) is 0 Å². The highest BCUT2D eigenvalue weighted by atomic mass is 127. The molecule has 3 aliphatic heterocycles. The molecule has 3 heterocycles. The van der Waals surface area contributed by atoms with Crippen molar-refractivity contribution in [3.05, 3.63) is 92.6 Å². The number of ether oxygens (including phenoxy) is 4. The van der Waals surface area contributed by atoms with E-state index in [1.807, 2.05) is 76.5 Å². The van der Waals surface area contributed by atoms with Gasteiger partial charge in [0.15, 0.2) is 11.5 Å². The second-order valence-electron chi connectivity index (χ2n) is 11.5. The summed E-state index contributed by atoms with van der Waals surface area (Å²) in [4.78, 5) is 28.1. The molecule has 0 aliphatic carbocycles. The Hall–Kier alpha value is -3.59. The summed E-state index contributed by atoms with van der Waals surface area (Å²) in [6, 6.07) is 20.8. The minimum atomic E-state index is -0.0226. The highest BCUT2D eigenvalue weighted by molar-refractivity contribution is 14.1. The molecular formula is C35H37IN2O6. The van der Waals surface area contributed by atoms with Crippen LogP contribution in [-0.4, -0.2) is 87.4 Å². The highest BCUT2D eigenvalue weighted by Crippen LogP contribution is 2.34. The van der Waals surface area contributed by atoms with Gasteiger partial charge in [0, 0.05) is 57.4 Å². The molecule has 0 atom stereocenters. The van der Waals surface area contributed by atoms with Crippen molar-refractivity contribution < 1.29 is 28.5 Å². The van der Waals surface area contributed by atoms with Gasteiger partial charge in [0.1, 0.15) is 0 Å². The average Bonchev–Trinajstić information content (AvgIpc) is 3.22. The lowest BCUT2D eigenvalue weighted by atomic mass is 9.97. The predicted octanol–water partition coefficient (Wildman–Crippen LogP) is 5.12. The summed E-state index contributed by atoms with van der Waals surface area (Å²) < 4.78 is 23.4. The molecule has 0 aromatic heterocycles. The number of amides is 2. The summed E-state index contributed by atoms with van der Waals surface area (Å²) in [5, 5.41) is 0. The lowest BCUT2D eigenvalue weighted by Gasteiger charge is -2.26. The summed E-state index contributed by atoms with van der Waals surface area (Å²) in [6.45, 7) is 10.6. The van der Waals surface area contributed by atoms with Gasteiger partial charge in [-0.2, -0.15) is 0 Å². The molecule has 2 amide bonds. The molecule has 44 heavy (non-hydrogen) atoms. The normalized spacial score (nSPS) is 17.2. The van der Waals surface area contributed by atoms with Crippen LogP contribution in [0.5, 0.6) is 11.5 Å². The van der Waals surface area contributed by atoms with Gasteiger partial charge in [0.25, 0.3) is 11.8 Å². The molecule has 6 rings (SSSR count). The van der Waals surface area contributed by atoms with E-state index >= 15 is 0 Å². The van der Waals surface area contributed by atoms with Gasteiger partial charge in [-0.05, 0) is 89.3 Å². The van der Waals surface area contributed by atoms with Crippen LogP contribution in [0.1, 0.15) is 45.7 Å². The van der Waals surface area contributed by atoms with Gasteiger partial charge >= 0.3 is 0 Å². The fourth-order valence-electron chi connectivity index (χ4n) is 4.74. The molecule has 9 heteroatoms. The Labute approximate surface area is 272 Å². The maximum absolute atomic E-state index is 12.5. The molecule has 2 fully saturated rings. The molecule has 3 aliphatic rings. The molecular weight excluding hydrogens is 671 g/mol. The predicted molar refractivity (Wildman–Crippen MR) is 176 cm³/mol. The zero-order valence-electron chi connectivity index (χ0n) is 25.1.